The zero-order valence-corrected chi connectivity index (χ0v) is 14.9. The molecule has 2 aromatic rings. The van der Waals surface area contributed by atoms with Gasteiger partial charge in [0.15, 0.2) is 0 Å². The molecule has 0 aliphatic carbocycles. The highest BCUT2D eigenvalue weighted by atomic mass is 79.9. The van der Waals surface area contributed by atoms with Crippen LogP contribution in [0.25, 0.3) is 0 Å². The summed E-state index contributed by atoms with van der Waals surface area (Å²) in [5, 5.41) is 5.72. The number of hydrogen-bond acceptors (Lipinski definition) is 4. The molecule has 0 fully saturated rings. The Balaban J connectivity index is 1.64. The van der Waals surface area contributed by atoms with Crippen LogP contribution in [-0.2, 0) is 14.8 Å². The number of halogens is 1. The van der Waals surface area contributed by atoms with Gasteiger partial charge in [-0.15, -0.1) is 4.40 Å². The number of fused-ring (bicyclic) bond motifs is 1. The summed E-state index contributed by atoms with van der Waals surface area (Å²) in [6.07, 6.45) is 0.329. The van der Waals surface area contributed by atoms with Crippen LogP contribution in [-0.4, -0.2) is 20.2 Å². The smallest absolute Gasteiger partial charge is 0.286 e. The van der Waals surface area contributed by atoms with Crippen LogP contribution in [0, 0.1) is 0 Å². The van der Waals surface area contributed by atoms with Gasteiger partial charge >= 0.3 is 0 Å². The van der Waals surface area contributed by atoms with Crippen molar-refractivity contribution in [2.75, 3.05) is 10.6 Å². The Morgan fingerprint density at radius 2 is 1.83 bits per heavy atom. The topological polar surface area (TPSA) is 87.6 Å². The number of hydrogen-bond donors (Lipinski definition) is 2. The van der Waals surface area contributed by atoms with Crippen LogP contribution in [0.15, 0.2) is 62.3 Å². The summed E-state index contributed by atoms with van der Waals surface area (Å²) >= 11 is 3.32. The van der Waals surface area contributed by atoms with E-state index in [4.69, 9.17) is 0 Å². The van der Waals surface area contributed by atoms with Crippen molar-refractivity contribution < 1.29 is 13.2 Å². The molecule has 1 aliphatic rings. The maximum atomic E-state index is 12.1. The number of carbonyl (C=O) groups is 1. The van der Waals surface area contributed by atoms with Crippen molar-refractivity contribution in [1.82, 2.24) is 0 Å². The maximum Gasteiger partial charge on any atom is 0.286 e. The summed E-state index contributed by atoms with van der Waals surface area (Å²) < 4.78 is 28.9. The van der Waals surface area contributed by atoms with Crippen molar-refractivity contribution in [3.63, 3.8) is 0 Å². The van der Waals surface area contributed by atoms with Crippen LogP contribution in [0.3, 0.4) is 0 Å². The zero-order chi connectivity index (χ0) is 17.2. The minimum Gasteiger partial charge on any atom is -0.342 e. The Kier molecular flexibility index (Phi) is 4.68. The number of nitrogens with one attached hydrogen (secondary N) is 2. The number of benzene rings is 2. The normalized spacial score (nSPS) is 15.0. The molecule has 124 valence electrons. The molecule has 2 N–H and O–H groups in total. The fourth-order valence-corrected chi connectivity index (χ4v) is 3.70. The third kappa shape index (κ3) is 3.82. The van der Waals surface area contributed by atoms with Gasteiger partial charge in [0.05, 0.1) is 5.69 Å². The monoisotopic (exact) mass is 407 g/mol. The number of rotatable bonds is 4. The fraction of sp³-hybridized carbons (Fsp3) is 0.125. The van der Waals surface area contributed by atoms with E-state index in [1.807, 2.05) is 12.1 Å². The average Bonchev–Trinajstić information content (AvgIpc) is 2.55. The molecule has 0 aromatic heterocycles. The maximum absolute atomic E-state index is 12.1. The largest absolute Gasteiger partial charge is 0.342 e. The van der Waals surface area contributed by atoms with E-state index in [2.05, 4.69) is 31.0 Å². The van der Waals surface area contributed by atoms with Crippen molar-refractivity contribution in [3.8, 4) is 0 Å². The van der Waals surface area contributed by atoms with Crippen LogP contribution in [0.1, 0.15) is 12.8 Å². The van der Waals surface area contributed by atoms with Crippen LogP contribution in [0.5, 0.6) is 0 Å². The molecule has 1 heterocycles. The van der Waals surface area contributed by atoms with Gasteiger partial charge in [0, 0.05) is 23.0 Å². The first kappa shape index (κ1) is 16.7. The number of para-hydroxylation sites is 1. The van der Waals surface area contributed by atoms with Gasteiger partial charge in [0.2, 0.25) is 5.91 Å². The molecule has 0 saturated heterocycles. The second-order valence-corrected chi connectivity index (χ2v) is 7.68. The van der Waals surface area contributed by atoms with Crippen LogP contribution >= 0.6 is 15.9 Å². The van der Waals surface area contributed by atoms with E-state index in [1.54, 1.807) is 30.3 Å². The molecular formula is C16H14BrN3O3S. The number of anilines is 2. The molecule has 2 aromatic carbocycles. The summed E-state index contributed by atoms with van der Waals surface area (Å²) in [7, 11) is -3.71. The van der Waals surface area contributed by atoms with E-state index in [0.717, 1.165) is 4.47 Å². The predicted octanol–water partition coefficient (Wildman–Crippen LogP) is 3.38. The first-order valence-electron chi connectivity index (χ1n) is 7.19. The highest BCUT2D eigenvalue weighted by Crippen LogP contribution is 2.27. The quantitative estimate of drug-likeness (QED) is 0.812. The van der Waals surface area contributed by atoms with Crippen molar-refractivity contribution in [3.05, 3.63) is 53.0 Å². The SMILES string of the molecule is O=C(CCC1=NS(=O)(=O)c2ccccc2N1)Nc1ccc(Br)cc1. The molecule has 8 heteroatoms. The summed E-state index contributed by atoms with van der Waals surface area (Å²) in [6.45, 7) is 0. The number of nitrogens with zero attached hydrogens (tertiary/aromatic N) is 1. The van der Waals surface area contributed by atoms with Gasteiger partial charge < -0.3 is 10.6 Å². The summed E-state index contributed by atoms with van der Waals surface area (Å²) in [5.41, 5.74) is 1.16. The molecule has 0 saturated carbocycles. The molecule has 0 radical (unpaired) electrons. The van der Waals surface area contributed by atoms with Crippen LogP contribution in [0.4, 0.5) is 11.4 Å². The predicted molar refractivity (Wildman–Crippen MR) is 96.7 cm³/mol. The molecule has 1 amide bonds. The lowest BCUT2D eigenvalue weighted by atomic mass is 10.2. The molecule has 3 rings (SSSR count). The third-order valence-electron chi connectivity index (χ3n) is 3.39. The summed E-state index contributed by atoms with van der Waals surface area (Å²) in [6, 6.07) is 13.8. The van der Waals surface area contributed by atoms with Gasteiger partial charge in [-0.3, -0.25) is 4.79 Å². The Morgan fingerprint density at radius 1 is 1.12 bits per heavy atom. The molecule has 24 heavy (non-hydrogen) atoms. The molecule has 0 atom stereocenters. The van der Waals surface area contributed by atoms with E-state index in [9.17, 15) is 13.2 Å². The molecule has 1 aliphatic heterocycles. The third-order valence-corrected chi connectivity index (χ3v) is 5.29. The van der Waals surface area contributed by atoms with Crippen molar-refractivity contribution in [2.24, 2.45) is 4.40 Å². The molecule has 6 nitrogen and oxygen atoms in total. The molecule has 0 bridgehead atoms. The summed E-state index contributed by atoms with van der Waals surface area (Å²) in [4.78, 5) is 12.1. The van der Waals surface area contributed by atoms with Crippen molar-refractivity contribution in [1.29, 1.82) is 0 Å². The second-order valence-electron chi connectivity index (χ2n) is 5.19. The fourth-order valence-electron chi connectivity index (χ4n) is 2.26. The van der Waals surface area contributed by atoms with Crippen LogP contribution < -0.4 is 10.6 Å². The van der Waals surface area contributed by atoms with E-state index in [1.165, 1.54) is 6.07 Å². The van der Waals surface area contributed by atoms with Gasteiger partial charge in [-0.05, 0) is 36.4 Å². The number of sulfonamides is 1. The first-order chi connectivity index (χ1) is 11.4. The highest BCUT2D eigenvalue weighted by Gasteiger charge is 2.24. The summed E-state index contributed by atoms with van der Waals surface area (Å²) in [5.74, 6) is 0.0535. The lowest BCUT2D eigenvalue weighted by Gasteiger charge is -2.17. The minimum absolute atomic E-state index is 0.125. The number of amides is 1. The van der Waals surface area contributed by atoms with Crippen molar-refractivity contribution in [2.45, 2.75) is 17.7 Å². The van der Waals surface area contributed by atoms with E-state index < -0.39 is 10.0 Å². The molecule has 0 spiro atoms. The lowest BCUT2D eigenvalue weighted by Crippen LogP contribution is -2.23. The standard InChI is InChI=1S/C16H14BrN3O3S/c17-11-5-7-12(8-6-11)18-16(21)10-9-15-19-13-3-1-2-4-14(13)24(22,23)20-15/h1-8H,9-10H2,(H,18,21)(H,19,20). The number of carbonyl (C=O) groups excluding carboxylic acids is 1. The van der Waals surface area contributed by atoms with Crippen LogP contribution in [0.2, 0.25) is 0 Å². The second kappa shape index (κ2) is 6.74. The Hall–Kier alpha value is -2.19. The molecular weight excluding hydrogens is 394 g/mol. The minimum atomic E-state index is -3.71. The highest BCUT2D eigenvalue weighted by molar-refractivity contribution is 9.10. The average molecular weight is 408 g/mol. The molecule has 0 unspecified atom stereocenters. The Labute approximate surface area is 148 Å². The van der Waals surface area contributed by atoms with Gasteiger partial charge in [0.25, 0.3) is 10.0 Å². The Morgan fingerprint density at radius 3 is 2.58 bits per heavy atom. The zero-order valence-electron chi connectivity index (χ0n) is 12.5. The van der Waals surface area contributed by atoms with Gasteiger partial charge in [-0.2, -0.15) is 8.42 Å². The van der Waals surface area contributed by atoms with Crippen molar-refractivity contribution >= 4 is 49.1 Å². The van der Waals surface area contributed by atoms with E-state index >= 15 is 0 Å². The number of amidine groups is 1. The van der Waals surface area contributed by atoms with Gasteiger partial charge in [-0.25, -0.2) is 0 Å². The Bertz CT molecular complexity index is 908. The van der Waals surface area contributed by atoms with E-state index in [0.29, 0.717) is 11.4 Å². The first-order valence-corrected chi connectivity index (χ1v) is 9.43. The van der Waals surface area contributed by atoms with Gasteiger partial charge in [0.1, 0.15) is 10.7 Å². The van der Waals surface area contributed by atoms with Gasteiger partial charge in [-0.1, -0.05) is 28.1 Å². The lowest BCUT2D eigenvalue weighted by molar-refractivity contribution is -0.116. The van der Waals surface area contributed by atoms with E-state index in [-0.39, 0.29) is 29.5 Å².